The number of methoxy groups -OCH3 is 1. The summed E-state index contributed by atoms with van der Waals surface area (Å²) >= 11 is 0. The average molecular weight is 516 g/mol. The molecule has 0 fully saturated rings. The van der Waals surface area contributed by atoms with E-state index in [2.05, 4.69) is 39.8 Å². The standard InChI is InChI=1S/C21H32N4O3.HI/c1-5-17-14-18(28-25-17)15-24-21(22-6-2)23-12-8-9-16-10-11-19(26-4)20(13-16)27-7-3;/h10-11,13-14H,5-9,12,15H2,1-4H3,(H2,22,23,24);1H. The topological polar surface area (TPSA) is 80.9 Å². The highest BCUT2D eigenvalue weighted by atomic mass is 127. The van der Waals surface area contributed by atoms with Gasteiger partial charge in [0.2, 0.25) is 0 Å². The van der Waals surface area contributed by atoms with Gasteiger partial charge in [0.15, 0.2) is 23.2 Å². The summed E-state index contributed by atoms with van der Waals surface area (Å²) in [6.45, 7) is 8.79. The Hall–Kier alpha value is -1.97. The average Bonchev–Trinajstić information content (AvgIpc) is 3.18. The molecule has 0 aliphatic heterocycles. The minimum atomic E-state index is 0. The molecule has 0 spiro atoms. The maximum absolute atomic E-state index is 5.65. The van der Waals surface area contributed by atoms with E-state index in [9.17, 15) is 0 Å². The van der Waals surface area contributed by atoms with E-state index in [0.29, 0.717) is 13.2 Å². The van der Waals surface area contributed by atoms with Crippen LogP contribution in [0.4, 0.5) is 0 Å². The molecule has 29 heavy (non-hydrogen) atoms. The molecule has 1 aromatic carbocycles. The van der Waals surface area contributed by atoms with Crippen LogP contribution in [0.5, 0.6) is 11.5 Å². The van der Waals surface area contributed by atoms with Crippen LogP contribution in [-0.2, 0) is 19.4 Å². The Kier molecular flexibility index (Phi) is 12.2. The van der Waals surface area contributed by atoms with Gasteiger partial charge in [0.05, 0.1) is 19.4 Å². The molecule has 162 valence electrons. The summed E-state index contributed by atoms with van der Waals surface area (Å²) in [5.74, 6) is 3.12. The molecule has 0 atom stereocenters. The highest BCUT2D eigenvalue weighted by Gasteiger charge is 2.06. The first kappa shape index (κ1) is 25.1. The molecule has 1 aromatic heterocycles. The molecule has 2 N–H and O–H groups in total. The molecule has 0 radical (unpaired) electrons. The number of hydrogen-bond acceptors (Lipinski definition) is 5. The van der Waals surface area contributed by atoms with Crippen molar-refractivity contribution in [1.82, 2.24) is 15.8 Å². The SMILES string of the molecule is CCNC(=NCc1cc(CC)no1)NCCCc1ccc(OC)c(OCC)c1.I. The van der Waals surface area contributed by atoms with Crippen molar-refractivity contribution in [2.24, 2.45) is 4.99 Å². The van der Waals surface area contributed by atoms with Gasteiger partial charge < -0.3 is 24.6 Å². The lowest BCUT2D eigenvalue weighted by molar-refractivity contribution is 0.310. The Balaban J connectivity index is 0.00000420. The van der Waals surface area contributed by atoms with Crippen molar-refractivity contribution < 1.29 is 14.0 Å². The van der Waals surface area contributed by atoms with E-state index in [4.69, 9.17) is 14.0 Å². The Labute approximate surface area is 190 Å². The summed E-state index contributed by atoms with van der Waals surface area (Å²) in [7, 11) is 1.66. The Morgan fingerprint density at radius 2 is 1.97 bits per heavy atom. The van der Waals surface area contributed by atoms with Crippen LogP contribution in [0, 0.1) is 0 Å². The second-order valence-electron chi connectivity index (χ2n) is 6.28. The second kappa shape index (κ2) is 14.1. The number of guanidine groups is 1. The zero-order valence-corrected chi connectivity index (χ0v) is 20.1. The normalized spacial score (nSPS) is 11.0. The van der Waals surface area contributed by atoms with Gasteiger partial charge in [-0.1, -0.05) is 18.1 Å². The van der Waals surface area contributed by atoms with E-state index >= 15 is 0 Å². The van der Waals surface area contributed by atoms with Gasteiger partial charge in [0.25, 0.3) is 0 Å². The third-order valence-corrected chi connectivity index (χ3v) is 4.17. The number of aryl methyl sites for hydroxylation is 2. The van der Waals surface area contributed by atoms with E-state index in [-0.39, 0.29) is 24.0 Å². The van der Waals surface area contributed by atoms with Gasteiger partial charge in [-0.2, -0.15) is 0 Å². The molecule has 0 saturated heterocycles. The first-order valence-corrected chi connectivity index (χ1v) is 9.96. The van der Waals surface area contributed by atoms with Crippen molar-refractivity contribution in [2.75, 3.05) is 26.8 Å². The number of benzene rings is 1. The third kappa shape index (κ3) is 8.51. The smallest absolute Gasteiger partial charge is 0.191 e. The molecule has 0 amide bonds. The predicted molar refractivity (Wildman–Crippen MR) is 127 cm³/mol. The largest absolute Gasteiger partial charge is 0.493 e. The first-order chi connectivity index (χ1) is 13.7. The molecule has 0 aliphatic carbocycles. The lowest BCUT2D eigenvalue weighted by Crippen LogP contribution is -2.37. The number of rotatable bonds is 11. The van der Waals surface area contributed by atoms with Gasteiger partial charge in [-0.15, -0.1) is 24.0 Å². The summed E-state index contributed by atoms with van der Waals surface area (Å²) < 4.78 is 16.3. The molecular weight excluding hydrogens is 483 g/mol. The maximum Gasteiger partial charge on any atom is 0.191 e. The Morgan fingerprint density at radius 1 is 1.14 bits per heavy atom. The van der Waals surface area contributed by atoms with E-state index in [1.165, 1.54) is 5.56 Å². The van der Waals surface area contributed by atoms with Crippen molar-refractivity contribution in [2.45, 2.75) is 46.6 Å². The summed E-state index contributed by atoms with van der Waals surface area (Å²) in [5, 5.41) is 10.6. The third-order valence-electron chi connectivity index (χ3n) is 4.17. The number of hydrogen-bond donors (Lipinski definition) is 2. The van der Waals surface area contributed by atoms with Crippen molar-refractivity contribution in [1.29, 1.82) is 0 Å². The number of ether oxygens (including phenoxy) is 2. The van der Waals surface area contributed by atoms with E-state index < -0.39 is 0 Å². The maximum atomic E-state index is 5.65. The molecule has 7 nitrogen and oxygen atoms in total. The quantitative estimate of drug-likeness (QED) is 0.204. The fourth-order valence-corrected chi connectivity index (χ4v) is 2.74. The first-order valence-electron chi connectivity index (χ1n) is 9.96. The fraction of sp³-hybridized carbons (Fsp3) is 0.524. The predicted octanol–water partition coefficient (Wildman–Crippen LogP) is 3.95. The van der Waals surface area contributed by atoms with Crippen molar-refractivity contribution in [3.05, 3.63) is 41.3 Å². The van der Waals surface area contributed by atoms with Gasteiger partial charge in [-0.25, -0.2) is 4.99 Å². The highest BCUT2D eigenvalue weighted by molar-refractivity contribution is 14.0. The zero-order valence-electron chi connectivity index (χ0n) is 17.8. The molecule has 0 unspecified atom stereocenters. The van der Waals surface area contributed by atoms with E-state index in [1.807, 2.05) is 26.0 Å². The number of aliphatic imine (C=N–C) groups is 1. The van der Waals surface area contributed by atoms with Gasteiger partial charge in [-0.05, 0) is 50.8 Å². The molecule has 2 aromatic rings. The summed E-state index contributed by atoms with van der Waals surface area (Å²) in [6.07, 6.45) is 2.78. The van der Waals surface area contributed by atoms with Crippen LogP contribution in [-0.4, -0.2) is 37.9 Å². The van der Waals surface area contributed by atoms with Crippen molar-refractivity contribution >= 4 is 29.9 Å². The lowest BCUT2D eigenvalue weighted by Gasteiger charge is -2.12. The monoisotopic (exact) mass is 516 g/mol. The van der Waals surface area contributed by atoms with Crippen LogP contribution < -0.4 is 20.1 Å². The minimum Gasteiger partial charge on any atom is -0.493 e. The van der Waals surface area contributed by atoms with Gasteiger partial charge in [0, 0.05) is 19.2 Å². The Bertz CT molecular complexity index is 749. The number of aromatic nitrogens is 1. The molecule has 0 aliphatic rings. The highest BCUT2D eigenvalue weighted by Crippen LogP contribution is 2.28. The van der Waals surface area contributed by atoms with Gasteiger partial charge >= 0.3 is 0 Å². The fourth-order valence-electron chi connectivity index (χ4n) is 2.74. The molecule has 0 saturated carbocycles. The zero-order chi connectivity index (χ0) is 20.2. The minimum absolute atomic E-state index is 0. The van der Waals surface area contributed by atoms with Crippen LogP contribution in [0.3, 0.4) is 0 Å². The van der Waals surface area contributed by atoms with E-state index in [1.54, 1.807) is 7.11 Å². The molecule has 1 heterocycles. The molecular formula is C21H33IN4O3. The van der Waals surface area contributed by atoms with Crippen molar-refractivity contribution in [3.8, 4) is 11.5 Å². The van der Waals surface area contributed by atoms with E-state index in [0.717, 1.165) is 61.3 Å². The lowest BCUT2D eigenvalue weighted by atomic mass is 10.1. The summed E-state index contributed by atoms with van der Waals surface area (Å²) in [4.78, 5) is 4.56. The number of halogens is 1. The van der Waals surface area contributed by atoms with Crippen LogP contribution in [0.2, 0.25) is 0 Å². The summed E-state index contributed by atoms with van der Waals surface area (Å²) in [6, 6.07) is 8.04. The molecule has 2 rings (SSSR count). The number of nitrogens with zero attached hydrogens (tertiary/aromatic N) is 2. The van der Waals surface area contributed by atoms with Crippen molar-refractivity contribution in [3.63, 3.8) is 0 Å². The molecule has 8 heteroatoms. The molecule has 0 bridgehead atoms. The van der Waals surface area contributed by atoms with Gasteiger partial charge in [-0.3, -0.25) is 0 Å². The number of nitrogens with one attached hydrogen (secondary N) is 2. The van der Waals surface area contributed by atoms with Crippen LogP contribution in [0.1, 0.15) is 44.2 Å². The Morgan fingerprint density at radius 3 is 2.62 bits per heavy atom. The summed E-state index contributed by atoms with van der Waals surface area (Å²) in [5.41, 5.74) is 2.18. The van der Waals surface area contributed by atoms with Crippen LogP contribution in [0.15, 0.2) is 33.8 Å². The van der Waals surface area contributed by atoms with Gasteiger partial charge in [0.1, 0.15) is 6.54 Å². The van der Waals surface area contributed by atoms with Crippen LogP contribution in [0.25, 0.3) is 0 Å². The van der Waals surface area contributed by atoms with Crippen LogP contribution >= 0.6 is 24.0 Å². The second-order valence-corrected chi connectivity index (χ2v) is 6.28.